The number of hydrogen-bond donors (Lipinski definition) is 1. The van der Waals surface area contributed by atoms with Gasteiger partial charge in [0.1, 0.15) is 11.6 Å². The van der Waals surface area contributed by atoms with Crippen LogP contribution in [0.25, 0.3) is 22.6 Å². The predicted molar refractivity (Wildman–Crippen MR) is 84.1 cm³/mol. The van der Waals surface area contributed by atoms with E-state index in [0.29, 0.717) is 11.6 Å². The smallest absolute Gasteiger partial charge is 0.287 e. The first-order valence-electron chi connectivity index (χ1n) is 7.37. The van der Waals surface area contributed by atoms with Crippen LogP contribution in [-0.4, -0.2) is 16.0 Å². The van der Waals surface area contributed by atoms with Crippen molar-refractivity contribution in [3.63, 3.8) is 0 Å². The number of carbonyl (C=O) groups is 1. The van der Waals surface area contributed by atoms with E-state index >= 15 is 0 Å². The second-order valence-corrected chi connectivity index (χ2v) is 5.28. The lowest BCUT2D eigenvalue weighted by Gasteiger charge is -2.07. The number of aromatic nitrogens is 2. The second-order valence-electron chi connectivity index (χ2n) is 5.28. The van der Waals surface area contributed by atoms with Crippen LogP contribution in [0.15, 0.2) is 62.1 Å². The van der Waals surface area contributed by atoms with Crippen LogP contribution in [0.1, 0.15) is 29.4 Å². The molecule has 0 unspecified atom stereocenters. The van der Waals surface area contributed by atoms with Gasteiger partial charge in [0.2, 0.25) is 11.7 Å². The minimum absolute atomic E-state index is 0.221. The zero-order valence-corrected chi connectivity index (χ0v) is 12.7. The van der Waals surface area contributed by atoms with Gasteiger partial charge < -0.3 is 18.7 Å². The lowest BCUT2D eigenvalue weighted by atomic mass is 10.2. The number of hydrogen-bond acceptors (Lipinski definition) is 6. The number of furan rings is 2. The van der Waals surface area contributed by atoms with Crippen molar-refractivity contribution in [2.24, 2.45) is 0 Å². The first-order valence-corrected chi connectivity index (χ1v) is 7.37. The van der Waals surface area contributed by atoms with Crippen LogP contribution in [0, 0.1) is 0 Å². The molecule has 3 aromatic heterocycles. The van der Waals surface area contributed by atoms with Gasteiger partial charge in [-0.15, -0.1) is 0 Å². The quantitative estimate of drug-likeness (QED) is 0.617. The van der Waals surface area contributed by atoms with Crippen molar-refractivity contribution in [2.75, 3.05) is 0 Å². The highest BCUT2D eigenvalue weighted by molar-refractivity contribution is 5.91. The summed E-state index contributed by atoms with van der Waals surface area (Å²) in [5, 5.41) is 7.61. The zero-order valence-electron chi connectivity index (χ0n) is 12.7. The highest BCUT2D eigenvalue weighted by atomic mass is 16.5. The zero-order chi connectivity index (χ0) is 16.5. The van der Waals surface area contributed by atoms with Crippen LogP contribution in [0.4, 0.5) is 0 Å². The molecule has 0 aliphatic heterocycles. The molecule has 0 aliphatic rings. The fourth-order valence-electron chi connectivity index (χ4n) is 2.34. The molecule has 120 valence electrons. The maximum atomic E-state index is 12.0. The normalized spacial score (nSPS) is 12.4. The van der Waals surface area contributed by atoms with Crippen molar-refractivity contribution in [2.45, 2.75) is 13.0 Å². The van der Waals surface area contributed by atoms with Crippen molar-refractivity contribution in [1.82, 2.24) is 15.5 Å². The molecular weight excluding hydrogens is 310 g/mol. The van der Waals surface area contributed by atoms with Gasteiger partial charge in [-0.2, -0.15) is 4.98 Å². The minimum Gasteiger partial charge on any atom is -0.459 e. The summed E-state index contributed by atoms with van der Waals surface area (Å²) in [6.07, 6.45) is 1.44. The fraction of sp³-hybridized carbons (Fsp3) is 0.118. The first kappa shape index (κ1) is 14.3. The van der Waals surface area contributed by atoms with E-state index in [9.17, 15) is 4.79 Å². The average Bonchev–Trinajstić information content (AvgIpc) is 3.32. The largest absolute Gasteiger partial charge is 0.459 e. The Labute approximate surface area is 136 Å². The van der Waals surface area contributed by atoms with E-state index in [0.717, 1.165) is 11.0 Å². The van der Waals surface area contributed by atoms with Gasteiger partial charge in [0.05, 0.1) is 6.26 Å². The molecule has 0 fully saturated rings. The highest BCUT2D eigenvalue weighted by Crippen LogP contribution is 2.26. The molecular formula is C17H13N3O4. The number of amides is 1. The summed E-state index contributed by atoms with van der Waals surface area (Å²) in [6, 6.07) is 12.2. The maximum Gasteiger partial charge on any atom is 0.287 e. The molecule has 0 saturated heterocycles. The molecule has 7 nitrogen and oxygen atoms in total. The van der Waals surface area contributed by atoms with Gasteiger partial charge in [-0.1, -0.05) is 23.4 Å². The third-order valence-electron chi connectivity index (χ3n) is 3.55. The van der Waals surface area contributed by atoms with Gasteiger partial charge in [-0.05, 0) is 31.2 Å². The molecule has 0 spiro atoms. The Balaban J connectivity index is 1.54. The Bertz CT molecular complexity index is 951. The number of fused-ring (bicyclic) bond motifs is 1. The van der Waals surface area contributed by atoms with Gasteiger partial charge in [0.25, 0.3) is 5.91 Å². The van der Waals surface area contributed by atoms with E-state index in [4.69, 9.17) is 13.4 Å². The van der Waals surface area contributed by atoms with E-state index in [1.807, 2.05) is 30.3 Å². The number of nitrogens with one attached hydrogen (secondary N) is 1. The SMILES string of the molecule is C[C@@H](NC(=O)c1ccco1)c1nc(-c2cc3ccccc3o2)no1. The molecule has 0 aliphatic carbocycles. The Hall–Kier alpha value is -3.35. The van der Waals surface area contributed by atoms with Gasteiger partial charge in [-0.3, -0.25) is 4.79 Å². The average molecular weight is 323 g/mol. The molecule has 0 radical (unpaired) electrons. The fourth-order valence-corrected chi connectivity index (χ4v) is 2.34. The summed E-state index contributed by atoms with van der Waals surface area (Å²) in [5.74, 6) is 0.997. The molecule has 4 rings (SSSR count). The van der Waals surface area contributed by atoms with Crippen LogP contribution in [0.5, 0.6) is 0 Å². The van der Waals surface area contributed by atoms with Crippen molar-refractivity contribution < 1.29 is 18.2 Å². The minimum atomic E-state index is -0.465. The predicted octanol–water partition coefficient (Wildman–Crippen LogP) is 3.57. The molecule has 0 saturated carbocycles. The van der Waals surface area contributed by atoms with E-state index in [1.54, 1.807) is 19.1 Å². The molecule has 1 aromatic carbocycles. The molecule has 0 bridgehead atoms. The third kappa shape index (κ3) is 2.56. The first-order chi connectivity index (χ1) is 11.7. The topological polar surface area (TPSA) is 94.3 Å². The summed E-state index contributed by atoms with van der Waals surface area (Å²) in [5.41, 5.74) is 0.748. The molecule has 1 amide bonds. The van der Waals surface area contributed by atoms with Crippen molar-refractivity contribution in [3.05, 3.63) is 60.4 Å². The highest BCUT2D eigenvalue weighted by Gasteiger charge is 2.20. The number of benzene rings is 1. The Morgan fingerprint density at radius 2 is 2.08 bits per heavy atom. The Morgan fingerprint density at radius 1 is 1.21 bits per heavy atom. The number of nitrogens with zero attached hydrogens (tertiary/aromatic N) is 2. The monoisotopic (exact) mass is 323 g/mol. The Kier molecular flexibility index (Phi) is 3.38. The van der Waals surface area contributed by atoms with Gasteiger partial charge in [0.15, 0.2) is 11.5 Å². The molecule has 1 N–H and O–H groups in total. The summed E-state index contributed by atoms with van der Waals surface area (Å²) < 4.78 is 16.0. The van der Waals surface area contributed by atoms with Crippen LogP contribution >= 0.6 is 0 Å². The summed E-state index contributed by atoms with van der Waals surface area (Å²) in [6.45, 7) is 1.75. The van der Waals surface area contributed by atoms with Crippen molar-refractivity contribution >= 4 is 16.9 Å². The van der Waals surface area contributed by atoms with Crippen LogP contribution < -0.4 is 5.32 Å². The Morgan fingerprint density at radius 3 is 2.88 bits per heavy atom. The van der Waals surface area contributed by atoms with E-state index in [1.165, 1.54) is 6.26 Å². The maximum absolute atomic E-state index is 12.0. The standard InChI is InChI=1S/C17H13N3O4/c1-10(18-16(21)13-7-4-8-22-13)17-19-15(20-24-17)14-9-11-5-2-3-6-12(11)23-14/h2-10H,1H3,(H,18,21)/t10-/m1/s1. The number of para-hydroxylation sites is 1. The van der Waals surface area contributed by atoms with Crippen molar-refractivity contribution in [3.8, 4) is 11.6 Å². The molecule has 24 heavy (non-hydrogen) atoms. The summed E-state index contributed by atoms with van der Waals surface area (Å²) in [4.78, 5) is 16.3. The molecule has 7 heteroatoms. The summed E-state index contributed by atoms with van der Waals surface area (Å²) >= 11 is 0. The number of rotatable bonds is 4. The molecule has 1 atom stereocenters. The second kappa shape index (κ2) is 5.69. The van der Waals surface area contributed by atoms with Gasteiger partial charge in [-0.25, -0.2) is 0 Å². The van der Waals surface area contributed by atoms with Gasteiger partial charge in [0, 0.05) is 5.39 Å². The van der Waals surface area contributed by atoms with E-state index in [2.05, 4.69) is 15.5 Å². The van der Waals surface area contributed by atoms with Crippen LogP contribution in [0.3, 0.4) is 0 Å². The van der Waals surface area contributed by atoms with E-state index < -0.39 is 6.04 Å². The van der Waals surface area contributed by atoms with Crippen LogP contribution in [-0.2, 0) is 0 Å². The van der Waals surface area contributed by atoms with Crippen molar-refractivity contribution in [1.29, 1.82) is 0 Å². The third-order valence-corrected chi connectivity index (χ3v) is 3.55. The summed E-state index contributed by atoms with van der Waals surface area (Å²) in [7, 11) is 0. The van der Waals surface area contributed by atoms with Crippen LogP contribution in [0.2, 0.25) is 0 Å². The lowest BCUT2D eigenvalue weighted by molar-refractivity contribution is 0.0904. The number of carbonyl (C=O) groups excluding carboxylic acids is 1. The van der Waals surface area contributed by atoms with E-state index in [-0.39, 0.29) is 17.6 Å². The molecule has 3 heterocycles. The lowest BCUT2D eigenvalue weighted by Crippen LogP contribution is -2.26. The molecule has 4 aromatic rings. The van der Waals surface area contributed by atoms with Gasteiger partial charge >= 0.3 is 0 Å².